The van der Waals surface area contributed by atoms with Gasteiger partial charge >= 0.3 is 0 Å². The van der Waals surface area contributed by atoms with Crippen LogP contribution in [0.3, 0.4) is 0 Å². The number of fused-ring (bicyclic) bond motifs is 3. The summed E-state index contributed by atoms with van der Waals surface area (Å²) >= 11 is 0. The molecule has 0 aliphatic heterocycles. The molecule has 0 aliphatic rings. The van der Waals surface area contributed by atoms with E-state index in [-0.39, 0.29) is 0 Å². The Hall–Kier alpha value is -6.64. The highest BCUT2D eigenvalue weighted by molar-refractivity contribution is 6.10. The predicted octanol–water partition coefficient (Wildman–Crippen LogP) is 13.3. The van der Waals surface area contributed by atoms with Crippen LogP contribution in [0.5, 0.6) is 0 Å². The molecule has 0 saturated carbocycles. The van der Waals surface area contributed by atoms with Crippen LogP contribution in [0.2, 0.25) is 0 Å². The number of hydrogen-bond acceptors (Lipinski definition) is 1. The van der Waals surface area contributed by atoms with E-state index in [0.29, 0.717) is 0 Å². The molecule has 7 aromatic carbocycles. The van der Waals surface area contributed by atoms with Gasteiger partial charge in [-0.25, -0.2) is 0 Å². The lowest BCUT2D eigenvalue weighted by atomic mass is 10.0. The minimum Gasteiger partial charge on any atom is -0.311 e. The molecule has 8 rings (SSSR count). The van der Waals surface area contributed by atoms with E-state index >= 15 is 0 Å². The van der Waals surface area contributed by atoms with Crippen molar-refractivity contribution in [1.82, 2.24) is 4.57 Å². The van der Waals surface area contributed by atoms with Gasteiger partial charge in [0.15, 0.2) is 0 Å². The van der Waals surface area contributed by atoms with Crippen LogP contribution >= 0.6 is 0 Å². The summed E-state index contributed by atoms with van der Waals surface area (Å²) < 4.78 is 2.36. The molecule has 0 radical (unpaired) electrons. The molecule has 2 nitrogen and oxygen atoms in total. The zero-order valence-corrected chi connectivity index (χ0v) is 27.8. The fourth-order valence-electron chi connectivity index (χ4n) is 6.90. The summed E-state index contributed by atoms with van der Waals surface area (Å²) in [6.45, 7) is 7.86. The molecule has 0 spiro atoms. The molecule has 0 atom stereocenters. The predicted molar refractivity (Wildman–Crippen MR) is 215 cm³/mol. The largest absolute Gasteiger partial charge is 0.311 e. The third-order valence-electron chi connectivity index (χ3n) is 9.35. The zero-order chi connectivity index (χ0) is 33.9. The summed E-state index contributed by atoms with van der Waals surface area (Å²) in [5.41, 5.74) is 13.7. The fourth-order valence-corrected chi connectivity index (χ4v) is 6.90. The number of benzene rings is 7. The van der Waals surface area contributed by atoms with Crippen molar-refractivity contribution in [3.63, 3.8) is 0 Å². The molecular formula is C48H36N2. The quantitative estimate of drug-likeness (QED) is 0.143. The minimum atomic E-state index is 1.04. The van der Waals surface area contributed by atoms with Gasteiger partial charge in [0.25, 0.3) is 0 Å². The Morgan fingerprint density at radius 2 is 0.960 bits per heavy atom. The summed E-state index contributed by atoms with van der Waals surface area (Å²) in [5.74, 6) is 0. The molecule has 0 N–H and O–H groups in total. The molecule has 0 bridgehead atoms. The van der Waals surface area contributed by atoms with Crippen molar-refractivity contribution in [2.24, 2.45) is 0 Å². The third-order valence-corrected chi connectivity index (χ3v) is 9.35. The first-order valence-electron chi connectivity index (χ1n) is 16.9. The van der Waals surface area contributed by atoms with Gasteiger partial charge < -0.3 is 9.47 Å². The van der Waals surface area contributed by atoms with E-state index in [4.69, 9.17) is 0 Å². The SMILES string of the molecule is C=C/C=C(\C=C)c1ccc(N(c2ccc(-c3ccccc3)cc2)c2ccc(-c3ccc4c(c3)c3ccccc3n4-c3ccccc3)cc2)cc1. The van der Waals surface area contributed by atoms with E-state index in [0.717, 1.165) is 33.9 Å². The highest BCUT2D eigenvalue weighted by Crippen LogP contribution is 2.39. The molecular weight excluding hydrogens is 605 g/mol. The first kappa shape index (κ1) is 30.7. The summed E-state index contributed by atoms with van der Waals surface area (Å²) in [6, 6.07) is 62.9. The standard InChI is InChI=1S/C48H36N2/c1-3-13-35(4-2)37-20-27-42(28-21-37)49(43-29-22-38(23-30-43)36-14-7-5-8-15-36)44-31-24-39(25-32-44)40-26-33-48-46(34-40)45-18-11-12-19-47(45)50(48)41-16-9-6-10-17-41/h3-34H,1-2H2/b35-13+. The average molecular weight is 641 g/mol. The smallest absolute Gasteiger partial charge is 0.0541 e. The Kier molecular flexibility index (Phi) is 8.26. The van der Waals surface area contributed by atoms with Crippen LogP contribution in [0.1, 0.15) is 5.56 Å². The monoisotopic (exact) mass is 640 g/mol. The summed E-state index contributed by atoms with van der Waals surface area (Å²) in [4.78, 5) is 2.31. The van der Waals surface area contributed by atoms with Gasteiger partial charge in [0.05, 0.1) is 11.0 Å². The molecule has 0 aliphatic carbocycles. The van der Waals surface area contributed by atoms with Crippen LogP contribution < -0.4 is 4.90 Å². The topological polar surface area (TPSA) is 8.17 Å². The van der Waals surface area contributed by atoms with E-state index in [1.807, 2.05) is 12.2 Å². The van der Waals surface area contributed by atoms with Crippen molar-refractivity contribution in [3.8, 4) is 27.9 Å². The van der Waals surface area contributed by atoms with Crippen LogP contribution in [-0.4, -0.2) is 4.57 Å². The highest BCUT2D eigenvalue weighted by atomic mass is 15.1. The highest BCUT2D eigenvalue weighted by Gasteiger charge is 2.16. The van der Waals surface area contributed by atoms with Crippen molar-refractivity contribution in [3.05, 3.63) is 213 Å². The lowest BCUT2D eigenvalue weighted by Crippen LogP contribution is -2.09. The van der Waals surface area contributed by atoms with Gasteiger partial charge in [-0.3, -0.25) is 0 Å². The lowest BCUT2D eigenvalue weighted by molar-refractivity contribution is 1.18. The molecule has 2 heteroatoms. The molecule has 8 aromatic rings. The van der Waals surface area contributed by atoms with Crippen LogP contribution in [0.15, 0.2) is 207 Å². The maximum absolute atomic E-state index is 3.99. The Morgan fingerprint density at radius 1 is 0.460 bits per heavy atom. The number of rotatable bonds is 9. The van der Waals surface area contributed by atoms with E-state index in [1.54, 1.807) is 6.08 Å². The van der Waals surface area contributed by atoms with Crippen molar-refractivity contribution < 1.29 is 0 Å². The molecule has 0 amide bonds. The molecule has 0 saturated heterocycles. The molecule has 1 heterocycles. The van der Waals surface area contributed by atoms with E-state index in [1.165, 1.54) is 44.1 Å². The lowest BCUT2D eigenvalue weighted by Gasteiger charge is -2.26. The number of allylic oxidation sites excluding steroid dienone is 4. The van der Waals surface area contributed by atoms with Crippen LogP contribution in [0.4, 0.5) is 17.1 Å². The Balaban J connectivity index is 1.18. The second-order valence-electron chi connectivity index (χ2n) is 12.3. The maximum atomic E-state index is 3.99. The van der Waals surface area contributed by atoms with E-state index in [9.17, 15) is 0 Å². The molecule has 50 heavy (non-hydrogen) atoms. The zero-order valence-electron chi connectivity index (χ0n) is 27.8. The first-order chi connectivity index (χ1) is 24.7. The number of para-hydroxylation sites is 2. The van der Waals surface area contributed by atoms with Crippen LogP contribution in [0, 0.1) is 0 Å². The van der Waals surface area contributed by atoms with Gasteiger partial charge in [-0.05, 0) is 100 Å². The Morgan fingerprint density at radius 3 is 1.58 bits per heavy atom. The summed E-state index contributed by atoms with van der Waals surface area (Å²) in [5, 5.41) is 2.50. The van der Waals surface area contributed by atoms with Crippen LogP contribution in [0.25, 0.3) is 55.3 Å². The second-order valence-corrected chi connectivity index (χ2v) is 12.3. The minimum absolute atomic E-state index is 1.04. The van der Waals surface area contributed by atoms with Crippen molar-refractivity contribution in [2.45, 2.75) is 0 Å². The Bertz CT molecular complexity index is 2470. The maximum Gasteiger partial charge on any atom is 0.0541 e. The normalized spacial score (nSPS) is 11.5. The first-order valence-corrected chi connectivity index (χ1v) is 16.9. The van der Waals surface area contributed by atoms with E-state index < -0.39 is 0 Å². The molecule has 0 fully saturated rings. The fraction of sp³-hybridized carbons (Fsp3) is 0. The number of anilines is 3. The van der Waals surface area contributed by atoms with Gasteiger partial charge in [0.1, 0.15) is 0 Å². The Labute approximate surface area is 293 Å². The number of nitrogens with zero attached hydrogens (tertiary/aromatic N) is 2. The van der Waals surface area contributed by atoms with Gasteiger partial charge in [-0.1, -0.05) is 141 Å². The van der Waals surface area contributed by atoms with Crippen molar-refractivity contribution in [1.29, 1.82) is 0 Å². The van der Waals surface area contributed by atoms with Gasteiger partial charge in [0.2, 0.25) is 0 Å². The third kappa shape index (κ3) is 5.74. The molecule has 238 valence electrons. The van der Waals surface area contributed by atoms with Gasteiger partial charge in [-0.15, -0.1) is 0 Å². The van der Waals surface area contributed by atoms with Crippen molar-refractivity contribution in [2.75, 3.05) is 4.90 Å². The molecule has 0 unspecified atom stereocenters. The number of aromatic nitrogens is 1. The van der Waals surface area contributed by atoms with Crippen molar-refractivity contribution >= 4 is 44.4 Å². The second kappa shape index (κ2) is 13.5. The summed E-state index contributed by atoms with van der Waals surface area (Å²) in [6.07, 6.45) is 5.65. The van der Waals surface area contributed by atoms with Gasteiger partial charge in [-0.2, -0.15) is 0 Å². The summed E-state index contributed by atoms with van der Waals surface area (Å²) in [7, 11) is 0. The molecule has 1 aromatic heterocycles. The average Bonchev–Trinajstić information content (AvgIpc) is 3.52. The van der Waals surface area contributed by atoms with Gasteiger partial charge in [0, 0.05) is 33.5 Å². The van der Waals surface area contributed by atoms with E-state index in [2.05, 4.69) is 199 Å². The van der Waals surface area contributed by atoms with Crippen LogP contribution in [-0.2, 0) is 0 Å². The number of hydrogen-bond donors (Lipinski definition) is 0.